The molecule has 0 aliphatic rings. The Morgan fingerprint density at radius 2 is 1.74 bits per heavy atom. The van der Waals surface area contributed by atoms with Crippen molar-refractivity contribution in [2.45, 2.75) is 19.8 Å². The van der Waals surface area contributed by atoms with Crippen LogP contribution < -0.4 is 16.2 Å². The lowest BCUT2D eigenvalue weighted by Gasteiger charge is -2.06. The number of H-pyrrole nitrogens is 1. The van der Waals surface area contributed by atoms with Gasteiger partial charge in [0.05, 0.1) is 5.56 Å². The number of benzene rings is 2. The zero-order valence-electron chi connectivity index (χ0n) is 16.6. The summed E-state index contributed by atoms with van der Waals surface area (Å²) in [4.78, 5) is 42.6. The fraction of sp³-hybridized carbons (Fsp3) is 0.136. The monoisotopic (exact) mass is 417 g/mol. The van der Waals surface area contributed by atoms with Crippen LogP contribution in [0, 0.1) is 0 Å². The van der Waals surface area contributed by atoms with Gasteiger partial charge in [-0.1, -0.05) is 23.4 Å². The Balaban J connectivity index is 1.38. The molecule has 2 heterocycles. The van der Waals surface area contributed by atoms with Crippen LogP contribution in [-0.2, 0) is 16.0 Å². The summed E-state index contributed by atoms with van der Waals surface area (Å²) in [5.74, 6) is 0.0478. The SMILES string of the molecule is CC(=O)Nc1ccc(NC(=O)CCc2nc(-c3cc4ccccc4[nH]c3=O)no2)cc1. The predicted molar refractivity (Wildman–Crippen MR) is 116 cm³/mol. The Morgan fingerprint density at radius 1 is 1.03 bits per heavy atom. The molecule has 31 heavy (non-hydrogen) atoms. The average molecular weight is 417 g/mol. The molecule has 0 bridgehead atoms. The number of para-hydroxylation sites is 1. The Bertz CT molecular complexity index is 1310. The minimum absolute atomic E-state index is 0.128. The quantitative estimate of drug-likeness (QED) is 0.442. The van der Waals surface area contributed by atoms with Gasteiger partial charge in [-0.15, -0.1) is 0 Å². The van der Waals surface area contributed by atoms with E-state index in [1.165, 1.54) is 6.92 Å². The zero-order valence-corrected chi connectivity index (χ0v) is 16.6. The van der Waals surface area contributed by atoms with Crippen LogP contribution in [0.5, 0.6) is 0 Å². The molecule has 9 nitrogen and oxygen atoms in total. The van der Waals surface area contributed by atoms with Crippen molar-refractivity contribution in [3.05, 3.63) is 70.8 Å². The van der Waals surface area contributed by atoms with Gasteiger partial charge >= 0.3 is 0 Å². The number of amides is 2. The van der Waals surface area contributed by atoms with Gasteiger partial charge < -0.3 is 20.1 Å². The van der Waals surface area contributed by atoms with E-state index >= 15 is 0 Å². The second-order valence-corrected chi connectivity index (χ2v) is 6.92. The van der Waals surface area contributed by atoms with Gasteiger partial charge in [0.15, 0.2) is 0 Å². The molecular formula is C22H19N5O4. The summed E-state index contributed by atoms with van der Waals surface area (Å²) < 4.78 is 5.21. The van der Waals surface area contributed by atoms with Crippen LogP contribution in [0.3, 0.4) is 0 Å². The van der Waals surface area contributed by atoms with Gasteiger partial charge in [0.2, 0.25) is 23.5 Å². The molecule has 0 unspecified atom stereocenters. The molecule has 0 saturated carbocycles. The maximum Gasteiger partial charge on any atom is 0.259 e. The Morgan fingerprint density at radius 3 is 2.48 bits per heavy atom. The molecule has 0 atom stereocenters. The topological polar surface area (TPSA) is 130 Å². The lowest BCUT2D eigenvalue weighted by Crippen LogP contribution is -2.12. The van der Waals surface area contributed by atoms with Crippen molar-refractivity contribution in [3.63, 3.8) is 0 Å². The molecule has 4 aromatic rings. The number of hydrogen-bond acceptors (Lipinski definition) is 6. The smallest absolute Gasteiger partial charge is 0.259 e. The van der Waals surface area contributed by atoms with Gasteiger partial charge in [0.1, 0.15) is 0 Å². The van der Waals surface area contributed by atoms with Gasteiger partial charge in [-0.2, -0.15) is 4.98 Å². The first-order valence-electron chi connectivity index (χ1n) is 9.60. The Kier molecular flexibility index (Phi) is 5.57. The van der Waals surface area contributed by atoms with Crippen molar-refractivity contribution in [1.82, 2.24) is 15.1 Å². The minimum atomic E-state index is -0.313. The number of carbonyl (C=O) groups excluding carboxylic acids is 2. The van der Waals surface area contributed by atoms with Gasteiger partial charge in [0.25, 0.3) is 5.56 Å². The number of carbonyl (C=O) groups is 2. The van der Waals surface area contributed by atoms with Crippen molar-refractivity contribution in [2.75, 3.05) is 10.6 Å². The summed E-state index contributed by atoms with van der Waals surface area (Å²) in [5, 5.41) is 10.2. The average Bonchev–Trinajstić information content (AvgIpc) is 3.21. The van der Waals surface area contributed by atoms with E-state index in [9.17, 15) is 14.4 Å². The first-order valence-corrected chi connectivity index (χ1v) is 9.60. The summed E-state index contributed by atoms with van der Waals surface area (Å²) in [7, 11) is 0. The summed E-state index contributed by atoms with van der Waals surface area (Å²) in [6.07, 6.45) is 0.359. The molecule has 2 aromatic heterocycles. The molecule has 3 N–H and O–H groups in total. The number of aryl methyl sites for hydroxylation is 1. The third-order valence-electron chi connectivity index (χ3n) is 4.52. The molecule has 156 valence electrons. The van der Waals surface area contributed by atoms with Crippen LogP contribution in [0.2, 0.25) is 0 Å². The number of hydrogen-bond donors (Lipinski definition) is 3. The highest BCUT2D eigenvalue weighted by molar-refractivity contribution is 5.92. The van der Waals surface area contributed by atoms with Gasteiger partial charge in [-0.05, 0) is 41.8 Å². The number of fused-ring (bicyclic) bond motifs is 1. The Hall–Kier alpha value is -4.27. The first-order chi connectivity index (χ1) is 15.0. The highest BCUT2D eigenvalue weighted by Gasteiger charge is 2.14. The first kappa shape index (κ1) is 20.0. The molecule has 0 fully saturated rings. The molecule has 2 aromatic carbocycles. The second-order valence-electron chi connectivity index (χ2n) is 6.92. The number of anilines is 2. The van der Waals surface area contributed by atoms with Gasteiger partial charge in [-0.25, -0.2) is 0 Å². The zero-order chi connectivity index (χ0) is 21.8. The number of pyridine rings is 1. The van der Waals surface area contributed by atoms with E-state index in [4.69, 9.17) is 4.52 Å². The van der Waals surface area contributed by atoms with E-state index in [2.05, 4.69) is 25.8 Å². The van der Waals surface area contributed by atoms with E-state index in [-0.39, 0.29) is 41.9 Å². The summed E-state index contributed by atoms with van der Waals surface area (Å²) in [6.45, 7) is 1.43. The van der Waals surface area contributed by atoms with Crippen molar-refractivity contribution < 1.29 is 14.1 Å². The third-order valence-corrected chi connectivity index (χ3v) is 4.52. The fourth-order valence-electron chi connectivity index (χ4n) is 3.06. The van der Waals surface area contributed by atoms with Crippen LogP contribution in [0.15, 0.2) is 63.9 Å². The maximum absolute atomic E-state index is 12.3. The van der Waals surface area contributed by atoms with Crippen LogP contribution in [0.25, 0.3) is 22.3 Å². The lowest BCUT2D eigenvalue weighted by molar-refractivity contribution is -0.116. The van der Waals surface area contributed by atoms with Crippen molar-refractivity contribution in [1.29, 1.82) is 0 Å². The number of nitrogens with one attached hydrogen (secondary N) is 3. The predicted octanol–water partition coefficient (Wildman–Crippen LogP) is 3.11. The molecule has 0 radical (unpaired) electrons. The molecule has 0 spiro atoms. The van der Waals surface area contributed by atoms with Crippen LogP contribution in [0.4, 0.5) is 11.4 Å². The highest BCUT2D eigenvalue weighted by atomic mass is 16.5. The largest absolute Gasteiger partial charge is 0.339 e. The molecule has 4 rings (SSSR count). The molecule has 0 saturated heterocycles. The number of rotatable bonds is 6. The van der Waals surface area contributed by atoms with E-state index in [0.717, 1.165) is 10.9 Å². The minimum Gasteiger partial charge on any atom is -0.339 e. The van der Waals surface area contributed by atoms with Crippen LogP contribution in [0.1, 0.15) is 19.2 Å². The van der Waals surface area contributed by atoms with Crippen LogP contribution in [-0.4, -0.2) is 26.9 Å². The van der Waals surface area contributed by atoms with E-state index in [1.807, 2.05) is 24.3 Å². The molecule has 0 aliphatic carbocycles. The molecular weight excluding hydrogens is 398 g/mol. The van der Waals surface area contributed by atoms with Gasteiger partial charge in [-0.3, -0.25) is 14.4 Å². The highest BCUT2D eigenvalue weighted by Crippen LogP contribution is 2.18. The number of nitrogens with zero attached hydrogens (tertiary/aromatic N) is 2. The third kappa shape index (κ3) is 4.84. The van der Waals surface area contributed by atoms with E-state index in [1.54, 1.807) is 30.3 Å². The summed E-state index contributed by atoms with van der Waals surface area (Å²) in [5.41, 5.74) is 1.96. The number of aromatic nitrogens is 3. The maximum atomic E-state index is 12.3. The number of aromatic amines is 1. The van der Waals surface area contributed by atoms with Crippen molar-refractivity contribution in [2.24, 2.45) is 0 Å². The fourth-order valence-corrected chi connectivity index (χ4v) is 3.06. The van der Waals surface area contributed by atoms with E-state index in [0.29, 0.717) is 16.9 Å². The molecule has 9 heteroatoms. The van der Waals surface area contributed by atoms with E-state index < -0.39 is 0 Å². The van der Waals surface area contributed by atoms with Crippen molar-refractivity contribution in [3.8, 4) is 11.4 Å². The summed E-state index contributed by atoms with van der Waals surface area (Å²) >= 11 is 0. The lowest BCUT2D eigenvalue weighted by atomic mass is 10.1. The normalized spacial score (nSPS) is 10.7. The molecule has 2 amide bonds. The summed E-state index contributed by atoms with van der Waals surface area (Å²) in [6, 6.07) is 15.9. The second kappa shape index (κ2) is 8.62. The Labute approximate surface area is 176 Å². The van der Waals surface area contributed by atoms with Crippen LogP contribution >= 0.6 is 0 Å². The van der Waals surface area contributed by atoms with Gasteiger partial charge in [0, 0.05) is 36.7 Å². The molecule has 0 aliphatic heterocycles. The standard InChI is InChI=1S/C22H19N5O4/c1-13(28)23-15-6-8-16(9-7-15)24-19(29)10-11-20-26-21(27-31-20)17-12-14-4-2-3-5-18(14)25-22(17)30/h2-9,12H,10-11H2,1H3,(H,23,28)(H,24,29)(H,25,30). The van der Waals surface area contributed by atoms with Crippen molar-refractivity contribution >= 4 is 34.1 Å².